The lowest BCUT2D eigenvalue weighted by Gasteiger charge is -2.32. The second-order valence-electron chi connectivity index (χ2n) is 6.36. The fourth-order valence-corrected chi connectivity index (χ4v) is 3.38. The third-order valence-corrected chi connectivity index (χ3v) is 4.99. The first-order valence-corrected chi connectivity index (χ1v) is 7.82. The van der Waals surface area contributed by atoms with Gasteiger partial charge in [-0.05, 0) is 43.9 Å². The van der Waals surface area contributed by atoms with Crippen LogP contribution in [0.5, 0.6) is 0 Å². The molecule has 1 saturated carbocycles. The minimum absolute atomic E-state index is 0.0727. The van der Waals surface area contributed by atoms with Gasteiger partial charge in [0.05, 0.1) is 12.1 Å². The molecule has 1 aliphatic carbocycles. The highest BCUT2D eigenvalue weighted by molar-refractivity contribution is 5.82. The maximum absolute atomic E-state index is 12.0. The topological polar surface area (TPSA) is 61.4 Å². The molecule has 0 aromatic carbocycles. The van der Waals surface area contributed by atoms with Crippen LogP contribution in [0.2, 0.25) is 0 Å². The Morgan fingerprint density at radius 3 is 2.58 bits per heavy atom. The van der Waals surface area contributed by atoms with Crippen LogP contribution >= 0.6 is 0 Å². The van der Waals surface area contributed by atoms with E-state index in [0.717, 1.165) is 24.7 Å². The number of amides is 1. The van der Waals surface area contributed by atoms with E-state index in [1.54, 1.807) is 0 Å². The van der Waals surface area contributed by atoms with Crippen molar-refractivity contribution in [2.45, 2.75) is 70.6 Å². The molecule has 0 aromatic heterocycles. The molecular weight excluding hydrogens is 240 g/mol. The fourth-order valence-electron chi connectivity index (χ4n) is 3.38. The molecule has 1 amide bonds. The van der Waals surface area contributed by atoms with Crippen LogP contribution in [-0.4, -0.2) is 35.7 Å². The number of carbonyl (C=O) groups is 1. The molecule has 110 valence electrons. The zero-order valence-electron chi connectivity index (χ0n) is 12.2. The minimum atomic E-state index is -0.364. The molecule has 0 aromatic rings. The molecule has 0 radical (unpaired) electrons. The van der Waals surface area contributed by atoms with Crippen LogP contribution in [0.25, 0.3) is 0 Å². The summed E-state index contributed by atoms with van der Waals surface area (Å²) in [7, 11) is 0. The summed E-state index contributed by atoms with van der Waals surface area (Å²) >= 11 is 0. The molecular formula is C15H28N2O2. The molecule has 0 spiro atoms. The molecule has 1 unspecified atom stereocenters. The molecule has 0 bridgehead atoms. The van der Waals surface area contributed by atoms with Crippen LogP contribution in [-0.2, 0) is 4.79 Å². The molecule has 2 aliphatic rings. The molecule has 1 heterocycles. The molecule has 19 heavy (non-hydrogen) atoms. The van der Waals surface area contributed by atoms with Crippen LogP contribution in [0.4, 0.5) is 0 Å². The number of aliphatic hydroxyl groups is 1. The second-order valence-corrected chi connectivity index (χ2v) is 6.36. The quantitative estimate of drug-likeness (QED) is 0.723. The Morgan fingerprint density at radius 2 is 2.05 bits per heavy atom. The van der Waals surface area contributed by atoms with Crippen LogP contribution in [0.15, 0.2) is 0 Å². The number of β-amino-alcohol motifs (C(OH)–C–C–N with tert-alkyl or cyclic N) is 1. The number of aliphatic hydroxyl groups excluding tert-OH is 1. The highest BCUT2D eigenvalue weighted by atomic mass is 16.3. The number of nitrogens with one attached hydrogen (secondary N) is 2. The van der Waals surface area contributed by atoms with Crippen molar-refractivity contribution in [1.29, 1.82) is 0 Å². The highest BCUT2D eigenvalue weighted by Gasteiger charge is 2.31. The number of hydrogen-bond donors (Lipinski definition) is 3. The van der Waals surface area contributed by atoms with E-state index in [9.17, 15) is 9.90 Å². The lowest BCUT2D eigenvalue weighted by atomic mass is 9.78. The molecule has 3 N–H and O–H groups in total. The summed E-state index contributed by atoms with van der Waals surface area (Å²) in [5.41, 5.74) is 0. The molecule has 2 rings (SSSR count). The Balaban J connectivity index is 1.72. The normalized spacial score (nSPS) is 37.0. The monoisotopic (exact) mass is 268 g/mol. The summed E-state index contributed by atoms with van der Waals surface area (Å²) in [5, 5.41) is 15.7. The summed E-state index contributed by atoms with van der Waals surface area (Å²) in [6.07, 6.45) is 6.13. The van der Waals surface area contributed by atoms with Crippen LogP contribution in [0, 0.1) is 11.8 Å². The summed E-state index contributed by atoms with van der Waals surface area (Å²) in [6, 6.07) is 0.148. The third kappa shape index (κ3) is 3.93. The van der Waals surface area contributed by atoms with E-state index in [2.05, 4.69) is 24.5 Å². The molecule has 3 atom stereocenters. The summed E-state index contributed by atoms with van der Waals surface area (Å²) in [6.45, 7) is 5.14. The SMILES string of the molecule is CCC(C)C1CCC(NC(=O)[C@@H]2C[C@@H](O)CN2)CC1. The average molecular weight is 268 g/mol. The van der Waals surface area contributed by atoms with Crippen LogP contribution < -0.4 is 10.6 Å². The van der Waals surface area contributed by atoms with E-state index in [-0.39, 0.29) is 18.1 Å². The van der Waals surface area contributed by atoms with Crippen LogP contribution in [0.3, 0.4) is 0 Å². The van der Waals surface area contributed by atoms with Crippen molar-refractivity contribution >= 4 is 5.91 Å². The second kappa shape index (κ2) is 6.71. The first-order valence-electron chi connectivity index (χ1n) is 7.82. The minimum Gasteiger partial charge on any atom is -0.392 e. The predicted octanol–water partition coefficient (Wildman–Crippen LogP) is 1.43. The van der Waals surface area contributed by atoms with Gasteiger partial charge in [-0.2, -0.15) is 0 Å². The zero-order valence-corrected chi connectivity index (χ0v) is 12.2. The van der Waals surface area contributed by atoms with Gasteiger partial charge >= 0.3 is 0 Å². The van der Waals surface area contributed by atoms with Gasteiger partial charge in [0, 0.05) is 12.6 Å². The Bertz CT molecular complexity index is 301. The Hall–Kier alpha value is -0.610. The number of rotatable bonds is 4. The van der Waals surface area contributed by atoms with Gasteiger partial charge in [0.25, 0.3) is 0 Å². The summed E-state index contributed by atoms with van der Waals surface area (Å²) < 4.78 is 0. The van der Waals surface area contributed by atoms with Crippen molar-refractivity contribution in [3.8, 4) is 0 Å². The van der Waals surface area contributed by atoms with Crippen molar-refractivity contribution in [3.05, 3.63) is 0 Å². The Kier molecular flexibility index (Phi) is 5.22. The van der Waals surface area contributed by atoms with Gasteiger partial charge in [0.15, 0.2) is 0 Å². The van der Waals surface area contributed by atoms with Crippen molar-refractivity contribution in [1.82, 2.24) is 10.6 Å². The molecule has 1 saturated heterocycles. The maximum Gasteiger partial charge on any atom is 0.237 e. The maximum atomic E-state index is 12.0. The molecule has 1 aliphatic heterocycles. The van der Waals surface area contributed by atoms with E-state index in [1.807, 2.05) is 0 Å². The summed E-state index contributed by atoms with van der Waals surface area (Å²) in [5.74, 6) is 1.72. The highest BCUT2D eigenvalue weighted by Crippen LogP contribution is 2.31. The first kappa shape index (κ1) is 14.8. The fraction of sp³-hybridized carbons (Fsp3) is 0.933. The van der Waals surface area contributed by atoms with Gasteiger partial charge in [-0.15, -0.1) is 0 Å². The van der Waals surface area contributed by atoms with E-state index in [4.69, 9.17) is 0 Å². The summed E-state index contributed by atoms with van der Waals surface area (Å²) in [4.78, 5) is 12.0. The number of hydrogen-bond acceptors (Lipinski definition) is 3. The lowest BCUT2D eigenvalue weighted by Crippen LogP contribution is -2.46. The molecule has 4 nitrogen and oxygen atoms in total. The largest absolute Gasteiger partial charge is 0.392 e. The van der Waals surface area contributed by atoms with E-state index < -0.39 is 0 Å². The van der Waals surface area contributed by atoms with Crippen molar-refractivity contribution < 1.29 is 9.90 Å². The first-order chi connectivity index (χ1) is 9.10. The molecule has 2 fully saturated rings. The van der Waals surface area contributed by atoms with Gasteiger partial charge in [-0.25, -0.2) is 0 Å². The van der Waals surface area contributed by atoms with Gasteiger partial charge < -0.3 is 15.7 Å². The smallest absolute Gasteiger partial charge is 0.237 e. The lowest BCUT2D eigenvalue weighted by molar-refractivity contribution is -0.123. The van der Waals surface area contributed by atoms with E-state index in [0.29, 0.717) is 19.0 Å². The van der Waals surface area contributed by atoms with Gasteiger partial charge in [0.1, 0.15) is 0 Å². The van der Waals surface area contributed by atoms with Gasteiger partial charge in [-0.3, -0.25) is 4.79 Å². The van der Waals surface area contributed by atoms with Crippen LogP contribution in [0.1, 0.15) is 52.4 Å². The molecule has 4 heteroatoms. The Morgan fingerprint density at radius 1 is 1.37 bits per heavy atom. The van der Waals surface area contributed by atoms with Crippen molar-refractivity contribution in [3.63, 3.8) is 0 Å². The van der Waals surface area contributed by atoms with Crippen molar-refractivity contribution in [2.24, 2.45) is 11.8 Å². The standard InChI is InChI=1S/C15H28N2O2/c1-3-10(2)11-4-6-12(7-5-11)17-15(19)14-8-13(18)9-16-14/h10-14,16,18H,3-9H2,1-2H3,(H,17,19)/t10?,11?,12?,13-,14+/m1/s1. The Labute approximate surface area is 116 Å². The zero-order chi connectivity index (χ0) is 13.8. The predicted molar refractivity (Wildman–Crippen MR) is 75.8 cm³/mol. The van der Waals surface area contributed by atoms with Gasteiger partial charge in [0.2, 0.25) is 5.91 Å². The average Bonchev–Trinajstić information content (AvgIpc) is 2.85. The van der Waals surface area contributed by atoms with E-state index in [1.165, 1.54) is 19.3 Å². The van der Waals surface area contributed by atoms with Crippen molar-refractivity contribution in [2.75, 3.05) is 6.54 Å². The van der Waals surface area contributed by atoms with Gasteiger partial charge in [-0.1, -0.05) is 20.3 Å². The number of carbonyl (C=O) groups excluding carboxylic acids is 1. The third-order valence-electron chi connectivity index (χ3n) is 4.99. The van der Waals surface area contributed by atoms with E-state index >= 15 is 0 Å².